The molecule has 1 saturated heterocycles. The van der Waals surface area contributed by atoms with Crippen molar-refractivity contribution in [2.24, 2.45) is 21.2 Å². The highest BCUT2D eigenvalue weighted by molar-refractivity contribution is 6.04. The zero-order chi connectivity index (χ0) is 21.8. The Morgan fingerprint density at radius 1 is 1.10 bits per heavy atom. The molecule has 1 fully saturated rings. The smallest absolute Gasteiger partial charge is 0.187 e. The number of nitrogens with one attached hydrogen (secondary N) is 1. The van der Waals surface area contributed by atoms with E-state index >= 15 is 0 Å². The minimum atomic E-state index is -1.11. The highest BCUT2D eigenvalue weighted by Gasteiger charge is 2.17. The summed E-state index contributed by atoms with van der Waals surface area (Å²) in [7, 11) is 0. The molecule has 2 aromatic carbocycles. The number of anilines is 1. The molecule has 5 N–H and O–H groups in total. The van der Waals surface area contributed by atoms with E-state index in [4.69, 9.17) is 11.6 Å². The van der Waals surface area contributed by atoms with Gasteiger partial charge in [-0.1, -0.05) is 35.6 Å². The molecule has 0 radical (unpaired) electrons. The summed E-state index contributed by atoms with van der Waals surface area (Å²) in [6, 6.07) is 13.9. The number of amidine groups is 1. The topological polar surface area (TPSA) is 114 Å². The van der Waals surface area contributed by atoms with E-state index < -0.39 is 11.6 Å². The largest absolute Gasteiger partial charge is 0.383 e. The van der Waals surface area contributed by atoms with Crippen molar-refractivity contribution < 1.29 is 8.78 Å². The fourth-order valence-corrected chi connectivity index (χ4v) is 3.57. The van der Waals surface area contributed by atoms with Crippen LogP contribution in [0, 0.1) is 11.6 Å². The number of nitrogen functional groups attached to an aromatic ring is 1. The molecule has 4 rings (SSSR count). The van der Waals surface area contributed by atoms with Gasteiger partial charge in [0.2, 0.25) is 0 Å². The summed E-state index contributed by atoms with van der Waals surface area (Å²) in [4.78, 5) is 8.29. The average Bonchev–Trinajstić information content (AvgIpc) is 3.32. The molecule has 3 aromatic rings. The Morgan fingerprint density at radius 3 is 2.61 bits per heavy atom. The zero-order valence-corrected chi connectivity index (χ0v) is 16.6. The molecule has 0 saturated carbocycles. The predicted molar refractivity (Wildman–Crippen MR) is 116 cm³/mol. The SMILES string of the molecule is NN=NC(=Nc1cccc(F)c1F)c1cc(-c2ccc(C3CCCN3)cc2)cnc1N. The Bertz CT molecular complexity index is 1140. The highest BCUT2D eigenvalue weighted by Crippen LogP contribution is 2.28. The lowest BCUT2D eigenvalue weighted by atomic mass is 10.00. The molecule has 31 heavy (non-hydrogen) atoms. The maximum atomic E-state index is 14.1. The third kappa shape index (κ3) is 4.41. The fraction of sp³-hybridized carbons (Fsp3) is 0.182. The Balaban J connectivity index is 1.72. The number of hydrogen-bond donors (Lipinski definition) is 3. The first-order chi connectivity index (χ1) is 15.1. The molecular formula is C22H21F2N7. The Kier molecular flexibility index (Phi) is 5.94. The predicted octanol–water partition coefficient (Wildman–Crippen LogP) is 4.44. The van der Waals surface area contributed by atoms with E-state index in [1.807, 2.05) is 12.1 Å². The minimum Gasteiger partial charge on any atom is -0.383 e. The van der Waals surface area contributed by atoms with Gasteiger partial charge < -0.3 is 16.9 Å². The normalized spacial score (nSPS) is 16.8. The number of pyridine rings is 1. The van der Waals surface area contributed by atoms with E-state index in [9.17, 15) is 8.78 Å². The first kappa shape index (κ1) is 20.5. The Morgan fingerprint density at radius 2 is 1.90 bits per heavy atom. The summed E-state index contributed by atoms with van der Waals surface area (Å²) in [6.07, 6.45) is 3.91. The number of aromatic nitrogens is 1. The van der Waals surface area contributed by atoms with E-state index in [0.29, 0.717) is 11.6 Å². The Labute approximate surface area is 177 Å². The zero-order valence-electron chi connectivity index (χ0n) is 16.6. The summed E-state index contributed by atoms with van der Waals surface area (Å²) < 4.78 is 27.7. The summed E-state index contributed by atoms with van der Waals surface area (Å²) in [6.45, 7) is 1.03. The van der Waals surface area contributed by atoms with E-state index in [-0.39, 0.29) is 17.3 Å². The van der Waals surface area contributed by atoms with Crippen LogP contribution in [0.4, 0.5) is 20.3 Å². The molecular weight excluding hydrogens is 400 g/mol. The molecule has 1 aliphatic heterocycles. The molecule has 1 atom stereocenters. The van der Waals surface area contributed by atoms with Gasteiger partial charge in [-0.2, -0.15) is 0 Å². The van der Waals surface area contributed by atoms with E-state index in [2.05, 4.69) is 37.8 Å². The molecule has 7 nitrogen and oxygen atoms in total. The van der Waals surface area contributed by atoms with Crippen LogP contribution < -0.4 is 16.9 Å². The summed E-state index contributed by atoms with van der Waals surface area (Å²) >= 11 is 0. The third-order valence-electron chi connectivity index (χ3n) is 5.18. The lowest BCUT2D eigenvalue weighted by molar-refractivity contribution is 0.510. The van der Waals surface area contributed by atoms with Crippen LogP contribution in [0.3, 0.4) is 0 Å². The number of rotatable bonds is 4. The molecule has 0 spiro atoms. The number of halogens is 2. The van der Waals surface area contributed by atoms with Gasteiger partial charge in [-0.15, -0.1) is 5.11 Å². The quantitative estimate of drug-likeness (QED) is 0.190. The molecule has 0 bridgehead atoms. The van der Waals surface area contributed by atoms with Gasteiger partial charge in [-0.25, -0.2) is 18.8 Å². The minimum absolute atomic E-state index is 0.0781. The van der Waals surface area contributed by atoms with Crippen LogP contribution in [0.25, 0.3) is 11.1 Å². The third-order valence-corrected chi connectivity index (χ3v) is 5.18. The van der Waals surface area contributed by atoms with Gasteiger partial charge in [0, 0.05) is 17.8 Å². The molecule has 158 valence electrons. The molecule has 1 aliphatic rings. The van der Waals surface area contributed by atoms with Gasteiger partial charge in [0.15, 0.2) is 17.5 Å². The number of hydrogen-bond acceptors (Lipinski definition) is 5. The number of aliphatic imine (C=N–C) groups is 1. The Hall–Kier alpha value is -3.72. The molecule has 1 aromatic heterocycles. The lowest BCUT2D eigenvalue weighted by Gasteiger charge is -2.12. The van der Waals surface area contributed by atoms with Crippen LogP contribution >= 0.6 is 0 Å². The van der Waals surface area contributed by atoms with Gasteiger partial charge in [0.1, 0.15) is 11.5 Å². The van der Waals surface area contributed by atoms with Crippen molar-refractivity contribution in [2.45, 2.75) is 18.9 Å². The highest BCUT2D eigenvalue weighted by atomic mass is 19.2. The van der Waals surface area contributed by atoms with E-state index in [1.165, 1.54) is 24.1 Å². The second-order valence-electron chi connectivity index (χ2n) is 7.15. The van der Waals surface area contributed by atoms with Gasteiger partial charge in [-0.3, -0.25) is 0 Å². The van der Waals surface area contributed by atoms with Crippen LogP contribution in [0.2, 0.25) is 0 Å². The van der Waals surface area contributed by atoms with Gasteiger partial charge >= 0.3 is 0 Å². The first-order valence-corrected chi connectivity index (χ1v) is 9.80. The number of benzene rings is 2. The average molecular weight is 421 g/mol. The summed E-state index contributed by atoms with van der Waals surface area (Å²) in [5.74, 6) is 3.11. The molecule has 1 unspecified atom stereocenters. The van der Waals surface area contributed by atoms with Crippen LogP contribution in [0.1, 0.15) is 30.0 Å². The van der Waals surface area contributed by atoms with E-state index in [0.717, 1.165) is 30.2 Å². The van der Waals surface area contributed by atoms with Crippen molar-refractivity contribution in [3.8, 4) is 11.1 Å². The van der Waals surface area contributed by atoms with Gasteiger partial charge in [0.25, 0.3) is 0 Å². The number of nitrogens with zero attached hydrogens (tertiary/aromatic N) is 4. The molecule has 0 amide bonds. The van der Waals surface area contributed by atoms with Crippen molar-refractivity contribution in [3.05, 3.63) is 77.5 Å². The van der Waals surface area contributed by atoms with Crippen LogP contribution in [0.15, 0.2) is 70.1 Å². The molecule has 9 heteroatoms. The lowest BCUT2D eigenvalue weighted by Crippen LogP contribution is -2.12. The maximum Gasteiger partial charge on any atom is 0.187 e. The van der Waals surface area contributed by atoms with Crippen LogP contribution in [-0.2, 0) is 0 Å². The number of nitrogens with two attached hydrogens (primary N) is 2. The van der Waals surface area contributed by atoms with Gasteiger partial charge in [-0.05, 0) is 48.7 Å². The van der Waals surface area contributed by atoms with Crippen molar-refractivity contribution in [1.82, 2.24) is 10.3 Å². The fourth-order valence-electron chi connectivity index (χ4n) is 3.57. The standard InChI is InChI=1S/C22H21F2N7/c23-17-3-1-4-19(20(17)24)29-22(30-31-26)16-11-15(12-28-21(16)25)13-6-8-14(9-7-13)18-5-2-10-27-18/h1,3-4,6-9,11-12,18,27H,2,5,10H2,(H2,25,28)(H2,26,29,30). The van der Waals surface area contributed by atoms with Gasteiger partial charge in [0.05, 0.1) is 5.56 Å². The summed E-state index contributed by atoms with van der Waals surface area (Å²) in [5.41, 5.74) is 8.97. The molecule has 2 heterocycles. The first-order valence-electron chi connectivity index (χ1n) is 9.80. The van der Waals surface area contributed by atoms with Crippen LogP contribution in [-0.4, -0.2) is 17.4 Å². The van der Waals surface area contributed by atoms with Crippen LogP contribution in [0.5, 0.6) is 0 Å². The maximum absolute atomic E-state index is 14.1. The van der Waals surface area contributed by atoms with Crippen molar-refractivity contribution >= 4 is 17.3 Å². The second kappa shape index (κ2) is 8.97. The second-order valence-corrected chi connectivity index (χ2v) is 7.15. The molecule has 0 aliphatic carbocycles. The van der Waals surface area contributed by atoms with Crippen molar-refractivity contribution in [2.75, 3.05) is 12.3 Å². The van der Waals surface area contributed by atoms with E-state index in [1.54, 1.807) is 12.3 Å². The monoisotopic (exact) mass is 421 g/mol. The summed E-state index contributed by atoms with van der Waals surface area (Å²) in [5, 5.41) is 10.5. The van der Waals surface area contributed by atoms with Crippen molar-refractivity contribution in [1.29, 1.82) is 0 Å². The van der Waals surface area contributed by atoms with Crippen molar-refractivity contribution in [3.63, 3.8) is 0 Å².